The molecule has 1 aromatic heterocycles. The fourth-order valence-corrected chi connectivity index (χ4v) is 2.86. The number of aryl methyl sites for hydroxylation is 1. The molecule has 2 rings (SSSR count). The molecule has 23 heavy (non-hydrogen) atoms. The molecular formula is C16H28N4O3. The van der Waals surface area contributed by atoms with E-state index >= 15 is 0 Å². The van der Waals surface area contributed by atoms with Crippen LogP contribution in [0, 0.1) is 0 Å². The highest BCUT2D eigenvalue weighted by atomic mass is 16.5. The number of nitrogens with one attached hydrogen (secondary N) is 1. The SMILES string of the molecule is CC(C)c1noc(CCCNC(=O)N2CCCCC2CCO)n1. The van der Waals surface area contributed by atoms with E-state index in [0.29, 0.717) is 25.3 Å². The highest BCUT2D eigenvalue weighted by Crippen LogP contribution is 2.19. The minimum absolute atomic E-state index is 0.0310. The molecule has 7 nitrogen and oxygen atoms in total. The standard InChI is InChI=1S/C16H28N4O3/c1-12(2)15-18-14(23-19-15)7-5-9-17-16(22)20-10-4-3-6-13(20)8-11-21/h12-13,21H,3-11H2,1-2H3,(H,17,22). The van der Waals surface area contributed by atoms with Crippen molar-refractivity contribution in [1.29, 1.82) is 0 Å². The lowest BCUT2D eigenvalue weighted by Crippen LogP contribution is -2.49. The summed E-state index contributed by atoms with van der Waals surface area (Å²) in [6.07, 6.45) is 5.24. The average molecular weight is 324 g/mol. The number of rotatable bonds is 7. The smallest absolute Gasteiger partial charge is 0.317 e. The van der Waals surface area contributed by atoms with Gasteiger partial charge in [0.25, 0.3) is 0 Å². The number of urea groups is 1. The van der Waals surface area contributed by atoms with E-state index in [1.54, 1.807) is 0 Å². The van der Waals surface area contributed by atoms with E-state index in [9.17, 15) is 4.79 Å². The van der Waals surface area contributed by atoms with Gasteiger partial charge in [0.05, 0.1) is 0 Å². The Morgan fingerprint density at radius 2 is 2.30 bits per heavy atom. The molecule has 1 aliphatic heterocycles. The van der Waals surface area contributed by atoms with Gasteiger partial charge in [-0.2, -0.15) is 4.98 Å². The molecule has 1 saturated heterocycles. The molecule has 0 aliphatic carbocycles. The van der Waals surface area contributed by atoms with Crippen LogP contribution in [0.15, 0.2) is 4.52 Å². The summed E-state index contributed by atoms with van der Waals surface area (Å²) in [6.45, 7) is 5.54. The lowest BCUT2D eigenvalue weighted by molar-refractivity contribution is 0.132. The molecule has 1 atom stereocenters. The number of hydrogen-bond donors (Lipinski definition) is 2. The molecule has 0 bridgehead atoms. The zero-order chi connectivity index (χ0) is 16.7. The minimum atomic E-state index is -0.0310. The summed E-state index contributed by atoms with van der Waals surface area (Å²) in [5.41, 5.74) is 0. The normalized spacial score (nSPS) is 18.4. The van der Waals surface area contributed by atoms with Crippen LogP contribution in [0.3, 0.4) is 0 Å². The quantitative estimate of drug-likeness (QED) is 0.749. The van der Waals surface area contributed by atoms with Crippen molar-refractivity contribution < 1.29 is 14.4 Å². The Morgan fingerprint density at radius 3 is 3.00 bits per heavy atom. The second kappa shape index (κ2) is 8.86. The Morgan fingerprint density at radius 1 is 1.48 bits per heavy atom. The van der Waals surface area contributed by atoms with E-state index in [2.05, 4.69) is 15.5 Å². The molecule has 130 valence electrons. The Hall–Kier alpha value is -1.63. The topological polar surface area (TPSA) is 91.5 Å². The van der Waals surface area contributed by atoms with Crippen LogP contribution in [-0.4, -0.2) is 51.9 Å². The average Bonchev–Trinajstić information content (AvgIpc) is 3.01. The molecule has 0 spiro atoms. The molecule has 1 unspecified atom stereocenters. The zero-order valence-corrected chi connectivity index (χ0v) is 14.1. The molecule has 0 saturated carbocycles. The zero-order valence-electron chi connectivity index (χ0n) is 14.1. The molecule has 2 amide bonds. The Bertz CT molecular complexity index is 487. The lowest BCUT2D eigenvalue weighted by atomic mass is 10.0. The summed E-state index contributed by atoms with van der Waals surface area (Å²) < 4.78 is 5.19. The van der Waals surface area contributed by atoms with E-state index in [0.717, 1.165) is 38.1 Å². The number of aliphatic hydroxyl groups is 1. The number of carbonyl (C=O) groups is 1. The number of likely N-dealkylation sites (tertiary alicyclic amines) is 1. The van der Waals surface area contributed by atoms with E-state index in [4.69, 9.17) is 9.63 Å². The van der Waals surface area contributed by atoms with Crippen molar-refractivity contribution >= 4 is 6.03 Å². The summed E-state index contributed by atoms with van der Waals surface area (Å²) in [5.74, 6) is 1.61. The molecule has 2 N–H and O–H groups in total. The first-order chi connectivity index (χ1) is 11.1. The van der Waals surface area contributed by atoms with Gasteiger partial charge in [0, 0.05) is 38.1 Å². The predicted octanol–water partition coefficient (Wildman–Crippen LogP) is 2.07. The second-order valence-electron chi connectivity index (χ2n) is 6.39. The Kier molecular flexibility index (Phi) is 6.83. The summed E-state index contributed by atoms with van der Waals surface area (Å²) in [6, 6.07) is 0.134. The number of hydrogen-bond acceptors (Lipinski definition) is 5. The van der Waals surface area contributed by atoms with Gasteiger partial charge >= 0.3 is 6.03 Å². The third-order valence-electron chi connectivity index (χ3n) is 4.19. The third-order valence-corrected chi connectivity index (χ3v) is 4.19. The van der Waals surface area contributed by atoms with Gasteiger partial charge in [-0.05, 0) is 32.1 Å². The summed E-state index contributed by atoms with van der Waals surface area (Å²) in [5, 5.41) is 16.0. The molecule has 7 heteroatoms. The maximum absolute atomic E-state index is 12.3. The van der Waals surface area contributed by atoms with Gasteiger partial charge in [-0.1, -0.05) is 19.0 Å². The van der Waals surface area contributed by atoms with Gasteiger partial charge in [0.2, 0.25) is 5.89 Å². The van der Waals surface area contributed by atoms with Gasteiger partial charge in [-0.15, -0.1) is 0 Å². The van der Waals surface area contributed by atoms with Crippen LogP contribution in [0.25, 0.3) is 0 Å². The maximum Gasteiger partial charge on any atom is 0.317 e. The van der Waals surface area contributed by atoms with Crippen molar-refractivity contribution in [2.24, 2.45) is 0 Å². The van der Waals surface area contributed by atoms with Gasteiger partial charge in [-0.25, -0.2) is 4.79 Å². The number of nitrogens with zero attached hydrogens (tertiary/aromatic N) is 3. The van der Waals surface area contributed by atoms with Crippen LogP contribution in [0.2, 0.25) is 0 Å². The number of aliphatic hydroxyl groups excluding tert-OH is 1. The van der Waals surface area contributed by atoms with Crippen molar-refractivity contribution in [3.05, 3.63) is 11.7 Å². The number of piperidine rings is 1. The number of aromatic nitrogens is 2. The monoisotopic (exact) mass is 324 g/mol. The number of amides is 2. The number of carbonyl (C=O) groups excluding carboxylic acids is 1. The fourth-order valence-electron chi connectivity index (χ4n) is 2.86. The van der Waals surface area contributed by atoms with Crippen LogP contribution >= 0.6 is 0 Å². The summed E-state index contributed by atoms with van der Waals surface area (Å²) in [4.78, 5) is 18.5. The lowest BCUT2D eigenvalue weighted by Gasteiger charge is -2.35. The highest BCUT2D eigenvalue weighted by Gasteiger charge is 2.25. The van der Waals surface area contributed by atoms with Crippen LogP contribution in [0.1, 0.15) is 63.6 Å². The molecule has 0 radical (unpaired) electrons. The van der Waals surface area contributed by atoms with Crippen molar-refractivity contribution in [2.75, 3.05) is 19.7 Å². The van der Waals surface area contributed by atoms with Crippen molar-refractivity contribution in [2.45, 2.75) is 64.3 Å². The third kappa shape index (κ3) is 5.20. The van der Waals surface area contributed by atoms with Gasteiger partial charge in [0.1, 0.15) is 0 Å². The van der Waals surface area contributed by atoms with Crippen LogP contribution in [0.4, 0.5) is 4.79 Å². The van der Waals surface area contributed by atoms with E-state index in [1.165, 1.54) is 0 Å². The second-order valence-corrected chi connectivity index (χ2v) is 6.39. The molecular weight excluding hydrogens is 296 g/mol. The van der Waals surface area contributed by atoms with Gasteiger partial charge in [-0.3, -0.25) is 0 Å². The predicted molar refractivity (Wildman–Crippen MR) is 86.2 cm³/mol. The first-order valence-corrected chi connectivity index (χ1v) is 8.59. The van der Waals surface area contributed by atoms with Crippen molar-refractivity contribution in [3.63, 3.8) is 0 Å². The van der Waals surface area contributed by atoms with Gasteiger partial charge in [0.15, 0.2) is 5.82 Å². The van der Waals surface area contributed by atoms with E-state index in [1.807, 2.05) is 18.7 Å². The largest absolute Gasteiger partial charge is 0.396 e. The first-order valence-electron chi connectivity index (χ1n) is 8.59. The van der Waals surface area contributed by atoms with Crippen molar-refractivity contribution in [3.8, 4) is 0 Å². The van der Waals surface area contributed by atoms with Crippen LogP contribution in [0.5, 0.6) is 0 Å². The maximum atomic E-state index is 12.3. The molecule has 1 fully saturated rings. The van der Waals surface area contributed by atoms with Crippen LogP contribution in [-0.2, 0) is 6.42 Å². The fraction of sp³-hybridized carbons (Fsp3) is 0.812. The van der Waals surface area contributed by atoms with Crippen LogP contribution < -0.4 is 5.32 Å². The summed E-state index contributed by atoms with van der Waals surface area (Å²) in [7, 11) is 0. The molecule has 1 aromatic rings. The van der Waals surface area contributed by atoms with Crippen molar-refractivity contribution in [1.82, 2.24) is 20.4 Å². The molecule has 2 heterocycles. The Balaban J connectivity index is 1.71. The van der Waals surface area contributed by atoms with E-state index in [-0.39, 0.29) is 24.6 Å². The minimum Gasteiger partial charge on any atom is -0.396 e. The first kappa shape index (κ1) is 17.7. The Labute approximate surface area is 137 Å². The summed E-state index contributed by atoms with van der Waals surface area (Å²) >= 11 is 0. The van der Waals surface area contributed by atoms with Gasteiger partial charge < -0.3 is 19.8 Å². The highest BCUT2D eigenvalue weighted by molar-refractivity contribution is 5.74. The van der Waals surface area contributed by atoms with E-state index < -0.39 is 0 Å². The molecule has 1 aliphatic rings. The molecule has 0 aromatic carbocycles.